The molecule has 0 unspecified atom stereocenters. The predicted molar refractivity (Wildman–Crippen MR) is 60.6 cm³/mol. The maximum atomic E-state index is 11.7. The Morgan fingerprint density at radius 1 is 1.19 bits per heavy atom. The Balaban J connectivity index is 2.18. The number of halogens is 1. The summed E-state index contributed by atoms with van der Waals surface area (Å²) in [5.74, 6) is -0.126. The van der Waals surface area contributed by atoms with Crippen LogP contribution in [0.25, 0.3) is 0 Å². The summed E-state index contributed by atoms with van der Waals surface area (Å²) in [6, 6.07) is 10.3. The molecule has 0 fully saturated rings. The van der Waals surface area contributed by atoms with Gasteiger partial charge < -0.3 is 4.74 Å². The lowest BCUT2D eigenvalue weighted by Gasteiger charge is -2.04. The topological polar surface area (TPSA) is 39.2 Å². The first kappa shape index (κ1) is 10.6. The first-order valence-corrected chi connectivity index (χ1v) is 5.02. The van der Waals surface area contributed by atoms with Gasteiger partial charge in [-0.05, 0) is 12.1 Å². The standard InChI is InChI=1S/C12H8ClNO2/c13-10-8-14-7-6-11(10)16-12(15)9-4-2-1-3-5-9/h1-8H. The van der Waals surface area contributed by atoms with Crippen LogP contribution in [0.1, 0.15) is 10.4 Å². The number of ether oxygens (including phenoxy) is 1. The molecule has 0 aliphatic rings. The van der Waals surface area contributed by atoms with E-state index in [1.165, 1.54) is 12.4 Å². The van der Waals surface area contributed by atoms with E-state index < -0.39 is 5.97 Å². The number of rotatable bonds is 2. The van der Waals surface area contributed by atoms with Crippen LogP contribution in [0.5, 0.6) is 5.75 Å². The zero-order valence-electron chi connectivity index (χ0n) is 8.26. The van der Waals surface area contributed by atoms with Gasteiger partial charge in [-0.25, -0.2) is 4.79 Å². The van der Waals surface area contributed by atoms with Crippen LogP contribution in [-0.4, -0.2) is 11.0 Å². The molecule has 2 aromatic rings. The number of nitrogens with zero attached hydrogens (tertiary/aromatic N) is 1. The van der Waals surface area contributed by atoms with Gasteiger partial charge in [-0.1, -0.05) is 29.8 Å². The molecule has 0 amide bonds. The van der Waals surface area contributed by atoms with Crippen LogP contribution in [-0.2, 0) is 0 Å². The lowest BCUT2D eigenvalue weighted by atomic mass is 10.2. The summed E-state index contributed by atoms with van der Waals surface area (Å²) in [4.78, 5) is 15.5. The average Bonchev–Trinajstić information content (AvgIpc) is 2.33. The SMILES string of the molecule is O=C(Oc1ccncc1Cl)c1ccccc1. The summed E-state index contributed by atoms with van der Waals surface area (Å²) in [5, 5.41) is 0.312. The Morgan fingerprint density at radius 2 is 1.94 bits per heavy atom. The van der Waals surface area contributed by atoms with Crippen molar-refractivity contribution in [3.8, 4) is 5.75 Å². The molecule has 0 saturated heterocycles. The number of hydrogen-bond donors (Lipinski definition) is 0. The third-order valence-corrected chi connectivity index (χ3v) is 2.23. The molecule has 1 aromatic heterocycles. The van der Waals surface area contributed by atoms with E-state index in [1.54, 1.807) is 30.3 Å². The normalized spacial score (nSPS) is 9.81. The zero-order valence-corrected chi connectivity index (χ0v) is 9.02. The lowest BCUT2D eigenvalue weighted by molar-refractivity contribution is 0.0735. The summed E-state index contributed by atoms with van der Waals surface area (Å²) in [6.45, 7) is 0. The molecule has 4 heteroatoms. The molecule has 0 bridgehead atoms. The molecule has 16 heavy (non-hydrogen) atoms. The van der Waals surface area contributed by atoms with Gasteiger partial charge in [0.05, 0.1) is 5.56 Å². The number of esters is 1. The molecular weight excluding hydrogens is 226 g/mol. The van der Waals surface area contributed by atoms with Crippen LogP contribution < -0.4 is 4.74 Å². The first-order chi connectivity index (χ1) is 7.77. The quantitative estimate of drug-likeness (QED) is 0.749. The minimum atomic E-state index is -0.436. The number of carbonyl (C=O) groups is 1. The van der Waals surface area contributed by atoms with Crippen molar-refractivity contribution in [1.29, 1.82) is 0 Å². The highest BCUT2D eigenvalue weighted by Gasteiger charge is 2.09. The Kier molecular flexibility index (Phi) is 3.17. The van der Waals surface area contributed by atoms with Gasteiger partial charge >= 0.3 is 5.97 Å². The van der Waals surface area contributed by atoms with Crippen LogP contribution in [0.3, 0.4) is 0 Å². The second-order valence-corrected chi connectivity index (χ2v) is 3.47. The largest absolute Gasteiger partial charge is 0.421 e. The van der Waals surface area contributed by atoms with Gasteiger partial charge in [-0.3, -0.25) is 4.98 Å². The molecule has 2 rings (SSSR count). The van der Waals surface area contributed by atoms with E-state index in [9.17, 15) is 4.79 Å². The average molecular weight is 234 g/mol. The van der Waals surface area contributed by atoms with Crippen molar-refractivity contribution in [3.05, 3.63) is 59.4 Å². The van der Waals surface area contributed by atoms with E-state index in [0.717, 1.165) is 0 Å². The van der Waals surface area contributed by atoms with Gasteiger partial charge in [0.2, 0.25) is 0 Å². The van der Waals surface area contributed by atoms with Gasteiger partial charge in [0, 0.05) is 18.5 Å². The molecule has 80 valence electrons. The summed E-state index contributed by atoms with van der Waals surface area (Å²) < 4.78 is 5.12. The molecule has 0 radical (unpaired) electrons. The maximum absolute atomic E-state index is 11.7. The molecular formula is C12H8ClNO2. The highest BCUT2D eigenvalue weighted by Crippen LogP contribution is 2.22. The molecule has 0 aliphatic carbocycles. The molecule has 0 saturated carbocycles. The number of pyridine rings is 1. The highest BCUT2D eigenvalue weighted by atomic mass is 35.5. The fourth-order valence-corrected chi connectivity index (χ4v) is 1.34. The predicted octanol–water partition coefficient (Wildman–Crippen LogP) is 2.95. The fraction of sp³-hybridized carbons (Fsp3) is 0. The van der Waals surface area contributed by atoms with E-state index in [4.69, 9.17) is 16.3 Å². The van der Waals surface area contributed by atoms with Crippen LogP contribution >= 0.6 is 11.6 Å². The molecule has 0 N–H and O–H groups in total. The summed E-state index contributed by atoms with van der Waals surface area (Å²) in [7, 11) is 0. The third kappa shape index (κ3) is 2.38. The van der Waals surface area contributed by atoms with Gasteiger partial charge in [-0.15, -0.1) is 0 Å². The van der Waals surface area contributed by atoms with Crippen molar-refractivity contribution in [2.24, 2.45) is 0 Å². The number of benzene rings is 1. The van der Waals surface area contributed by atoms with Crippen molar-refractivity contribution in [2.75, 3.05) is 0 Å². The minimum absolute atomic E-state index is 0.311. The number of carbonyl (C=O) groups excluding carboxylic acids is 1. The van der Waals surface area contributed by atoms with Crippen LogP contribution in [0.4, 0.5) is 0 Å². The number of aromatic nitrogens is 1. The molecule has 1 aromatic carbocycles. The number of hydrogen-bond acceptors (Lipinski definition) is 3. The Labute approximate surface area is 97.7 Å². The molecule has 0 atom stereocenters. The van der Waals surface area contributed by atoms with Crippen molar-refractivity contribution in [2.45, 2.75) is 0 Å². The molecule has 0 aliphatic heterocycles. The van der Waals surface area contributed by atoms with Gasteiger partial charge in [0.15, 0.2) is 5.75 Å². The lowest BCUT2D eigenvalue weighted by Crippen LogP contribution is -2.08. The molecule has 0 spiro atoms. The molecule has 3 nitrogen and oxygen atoms in total. The van der Waals surface area contributed by atoms with Crippen LogP contribution in [0.15, 0.2) is 48.8 Å². The Hall–Kier alpha value is -1.87. The van der Waals surface area contributed by atoms with Crippen LogP contribution in [0.2, 0.25) is 5.02 Å². The third-order valence-electron chi connectivity index (χ3n) is 1.95. The summed E-state index contributed by atoms with van der Waals surface area (Å²) in [5.41, 5.74) is 0.482. The van der Waals surface area contributed by atoms with E-state index >= 15 is 0 Å². The van der Waals surface area contributed by atoms with E-state index in [0.29, 0.717) is 16.3 Å². The van der Waals surface area contributed by atoms with Crippen molar-refractivity contribution in [3.63, 3.8) is 0 Å². The zero-order chi connectivity index (χ0) is 11.4. The van der Waals surface area contributed by atoms with Gasteiger partial charge in [0.25, 0.3) is 0 Å². The Morgan fingerprint density at radius 3 is 2.62 bits per heavy atom. The first-order valence-electron chi connectivity index (χ1n) is 4.64. The summed E-state index contributed by atoms with van der Waals surface area (Å²) in [6.07, 6.45) is 2.94. The van der Waals surface area contributed by atoms with Crippen LogP contribution in [0, 0.1) is 0 Å². The minimum Gasteiger partial charge on any atom is -0.421 e. The van der Waals surface area contributed by atoms with Crippen molar-refractivity contribution in [1.82, 2.24) is 4.98 Å². The second kappa shape index (κ2) is 4.77. The van der Waals surface area contributed by atoms with E-state index in [1.807, 2.05) is 6.07 Å². The smallest absolute Gasteiger partial charge is 0.343 e. The van der Waals surface area contributed by atoms with Gasteiger partial charge in [-0.2, -0.15) is 0 Å². The highest BCUT2D eigenvalue weighted by molar-refractivity contribution is 6.32. The monoisotopic (exact) mass is 233 g/mol. The Bertz CT molecular complexity index is 499. The molecule has 1 heterocycles. The summed E-state index contributed by atoms with van der Waals surface area (Å²) >= 11 is 5.82. The second-order valence-electron chi connectivity index (χ2n) is 3.06. The van der Waals surface area contributed by atoms with Crippen molar-refractivity contribution >= 4 is 17.6 Å². The van der Waals surface area contributed by atoms with E-state index in [2.05, 4.69) is 4.98 Å². The van der Waals surface area contributed by atoms with E-state index in [-0.39, 0.29) is 0 Å². The van der Waals surface area contributed by atoms with Crippen molar-refractivity contribution < 1.29 is 9.53 Å². The van der Waals surface area contributed by atoms with Gasteiger partial charge in [0.1, 0.15) is 5.02 Å². The maximum Gasteiger partial charge on any atom is 0.343 e. The fourth-order valence-electron chi connectivity index (χ4n) is 1.18.